The van der Waals surface area contributed by atoms with E-state index in [2.05, 4.69) is 36.9 Å². The lowest BCUT2D eigenvalue weighted by Gasteiger charge is -2.35. The topological polar surface area (TPSA) is 159 Å². The van der Waals surface area contributed by atoms with E-state index in [-0.39, 0.29) is 53.6 Å². The minimum Gasteiger partial charge on any atom is -0.387 e. The summed E-state index contributed by atoms with van der Waals surface area (Å²) in [6, 6.07) is 11.9. The van der Waals surface area contributed by atoms with Crippen molar-refractivity contribution in [2.45, 2.75) is 44.6 Å². The molecule has 0 spiro atoms. The predicted molar refractivity (Wildman–Crippen MR) is 172 cm³/mol. The van der Waals surface area contributed by atoms with Crippen LogP contribution in [0.2, 0.25) is 0 Å². The lowest BCUT2D eigenvalue weighted by molar-refractivity contribution is -0.384. The van der Waals surface area contributed by atoms with Crippen LogP contribution in [0.3, 0.4) is 0 Å². The van der Waals surface area contributed by atoms with Crippen LogP contribution < -0.4 is 16.0 Å². The Kier molecular flexibility index (Phi) is 9.63. The third-order valence-electron chi connectivity index (χ3n) is 7.74. The third kappa shape index (κ3) is 7.23. The van der Waals surface area contributed by atoms with Crippen molar-refractivity contribution in [2.24, 2.45) is 0 Å². The summed E-state index contributed by atoms with van der Waals surface area (Å²) in [5.74, 6) is -1.22. The number of nitro benzene ring substituents is 1. The summed E-state index contributed by atoms with van der Waals surface area (Å²) in [4.78, 5) is 60.2. The molecule has 236 valence electrons. The number of pyridine rings is 1. The van der Waals surface area contributed by atoms with Crippen molar-refractivity contribution < 1.29 is 24.0 Å². The first-order chi connectivity index (χ1) is 21.5. The van der Waals surface area contributed by atoms with Crippen molar-refractivity contribution in [1.82, 2.24) is 14.8 Å². The van der Waals surface area contributed by atoms with Gasteiger partial charge in [0, 0.05) is 61.3 Å². The molecule has 1 aromatic heterocycles. The number of hydrogen-bond acceptors (Lipinski definition) is 9. The van der Waals surface area contributed by atoms with Gasteiger partial charge in [0.15, 0.2) is 0 Å². The van der Waals surface area contributed by atoms with E-state index in [1.54, 1.807) is 54.5 Å². The molecule has 2 aliphatic heterocycles. The maximum Gasteiger partial charge on any atom is 0.294 e. The van der Waals surface area contributed by atoms with Crippen molar-refractivity contribution >= 4 is 56.4 Å². The molecule has 14 heteroatoms. The molecule has 45 heavy (non-hydrogen) atoms. The number of aromatic nitrogens is 1. The first-order valence-corrected chi connectivity index (χ1v) is 15.3. The Morgan fingerprint density at radius 2 is 1.71 bits per heavy atom. The standard InChI is InChI=1S/C31H34BrN7O6/c1-18-15-37(16-19(2)45-18)31(42)25-10-21(32)11-26(39(43)44)28(25)35-24-12-27(29(40)36-22-7-5-4-6-8-22)38(17-24)30(41)20-9-23(33-3)14-34-13-20/h4-11,13-14,18-19,24,27,33,35H,12,15-17H2,1-3H3,(H,36,40)/t18-,19+,24-,27+/m1/s1. The molecular formula is C31H34BrN7O6. The highest BCUT2D eigenvalue weighted by molar-refractivity contribution is 9.10. The molecule has 3 amide bonds. The second-order valence-electron chi connectivity index (χ2n) is 11.2. The number of anilines is 3. The molecule has 0 saturated carbocycles. The normalized spacial score (nSPS) is 21.2. The lowest BCUT2D eigenvalue weighted by atomic mass is 10.1. The van der Waals surface area contributed by atoms with Crippen LogP contribution in [0.4, 0.5) is 22.7 Å². The van der Waals surface area contributed by atoms with E-state index in [0.29, 0.717) is 28.9 Å². The minimum absolute atomic E-state index is 0.0281. The monoisotopic (exact) mass is 679 g/mol. The number of carbonyl (C=O) groups excluding carboxylic acids is 3. The molecule has 0 unspecified atom stereocenters. The van der Waals surface area contributed by atoms with Crippen LogP contribution in [0.15, 0.2) is 65.4 Å². The fraction of sp³-hybridized carbons (Fsp3) is 0.355. The smallest absolute Gasteiger partial charge is 0.294 e. The second kappa shape index (κ2) is 13.6. The summed E-state index contributed by atoms with van der Waals surface area (Å²) in [6.45, 7) is 4.43. The first kappa shape index (κ1) is 31.9. The number of nitrogens with one attached hydrogen (secondary N) is 3. The highest BCUT2D eigenvalue weighted by Gasteiger charge is 2.42. The van der Waals surface area contributed by atoms with Crippen molar-refractivity contribution in [3.05, 3.63) is 86.6 Å². The van der Waals surface area contributed by atoms with Gasteiger partial charge in [-0.3, -0.25) is 29.5 Å². The van der Waals surface area contributed by atoms with Gasteiger partial charge < -0.3 is 30.5 Å². The molecular weight excluding hydrogens is 646 g/mol. The minimum atomic E-state index is -0.914. The third-order valence-corrected chi connectivity index (χ3v) is 8.20. The van der Waals surface area contributed by atoms with Crippen molar-refractivity contribution in [2.75, 3.05) is 42.6 Å². The van der Waals surface area contributed by atoms with Gasteiger partial charge in [0.25, 0.3) is 17.5 Å². The maximum atomic E-state index is 13.9. The van der Waals surface area contributed by atoms with Gasteiger partial charge >= 0.3 is 0 Å². The zero-order chi connectivity index (χ0) is 32.2. The van der Waals surface area contributed by atoms with Gasteiger partial charge in [0.2, 0.25) is 5.91 Å². The molecule has 5 rings (SSSR count). The molecule has 2 aromatic carbocycles. The largest absolute Gasteiger partial charge is 0.387 e. The molecule has 2 saturated heterocycles. The molecule has 0 aliphatic carbocycles. The van der Waals surface area contributed by atoms with E-state index in [0.717, 1.165) is 0 Å². The molecule has 13 nitrogen and oxygen atoms in total. The molecule has 4 atom stereocenters. The number of halogens is 1. The number of rotatable bonds is 8. The van der Waals surface area contributed by atoms with Crippen LogP contribution in [-0.2, 0) is 9.53 Å². The summed E-state index contributed by atoms with van der Waals surface area (Å²) in [5, 5.41) is 21.3. The van der Waals surface area contributed by atoms with E-state index in [1.807, 2.05) is 19.9 Å². The van der Waals surface area contributed by atoms with Gasteiger partial charge in [0.1, 0.15) is 11.7 Å². The number of likely N-dealkylation sites (tertiary alicyclic amines) is 1. The molecule has 2 aliphatic rings. The molecule has 3 N–H and O–H groups in total. The molecule has 3 heterocycles. The number of amides is 3. The highest BCUT2D eigenvalue weighted by Crippen LogP contribution is 2.36. The van der Waals surface area contributed by atoms with E-state index in [4.69, 9.17) is 4.74 Å². The van der Waals surface area contributed by atoms with Crippen LogP contribution in [0, 0.1) is 10.1 Å². The maximum absolute atomic E-state index is 13.9. The quantitative estimate of drug-likeness (QED) is 0.232. The van der Waals surface area contributed by atoms with Gasteiger partial charge in [-0.1, -0.05) is 34.1 Å². The zero-order valence-corrected chi connectivity index (χ0v) is 26.6. The Bertz CT molecular complexity index is 1600. The Morgan fingerprint density at radius 3 is 2.38 bits per heavy atom. The van der Waals surface area contributed by atoms with Crippen molar-refractivity contribution in [3.63, 3.8) is 0 Å². The van der Waals surface area contributed by atoms with E-state index < -0.39 is 28.8 Å². The molecule has 0 radical (unpaired) electrons. The van der Waals surface area contributed by atoms with Gasteiger partial charge in [-0.05, 0) is 44.5 Å². The number of ether oxygens (including phenoxy) is 1. The summed E-state index contributed by atoms with van der Waals surface area (Å²) in [6.07, 6.45) is 2.73. The Labute approximate surface area is 268 Å². The van der Waals surface area contributed by atoms with Gasteiger partial charge in [-0.15, -0.1) is 0 Å². The summed E-state index contributed by atoms with van der Waals surface area (Å²) >= 11 is 3.33. The molecule has 3 aromatic rings. The van der Waals surface area contributed by atoms with Crippen LogP contribution in [-0.4, -0.2) is 88.4 Å². The van der Waals surface area contributed by atoms with Gasteiger partial charge in [-0.25, -0.2) is 0 Å². The van der Waals surface area contributed by atoms with Crippen LogP contribution >= 0.6 is 15.9 Å². The summed E-state index contributed by atoms with van der Waals surface area (Å²) in [7, 11) is 1.71. The van der Waals surface area contributed by atoms with E-state index in [1.165, 1.54) is 17.2 Å². The Hall–Kier alpha value is -4.56. The van der Waals surface area contributed by atoms with E-state index in [9.17, 15) is 24.5 Å². The van der Waals surface area contributed by atoms with Crippen molar-refractivity contribution in [3.8, 4) is 0 Å². The highest BCUT2D eigenvalue weighted by atomic mass is 79.9. The van der Waals surface area contributed by atoms with Gasteiger partial charge in [0.05, 0.1) is 33.9 Å². The zero-order valence-electron chi connectivity index (χ0n) is 25.0. The van der Waals surface area contributed by atoms with Crippen LogP contribution in [0.25, 0.3) is 0 Å². The number of nitro groups is 1. The molecule has 0 bridgehead atoms. The SMILES string of the molecule is CNc1cncc(C(=O)N2C[C@H](Nc3c(C(=O)N4C[C@@H](C)O[C@@H](C)C4)cc(Br)cc3[N+](=O)[O-])C[C@H]2C(=O)Nc2ccccc2)c1. The summed E-state index contributed by atoms with van der Waals surface area (Å²) in [5.41, 5.74) is 1.30. The Balaban J connectivity index is 1.48. The molecule has 2 fully saturated rings. The number of carbonyl (C=O) groups is 3. The number of morpholine rings is 1. The fourth-order valence-corrected chi connectivity index (χ4v) is 6.24. The van der Waals surface area contributed by atoms with E-state index >= 15 is 0 Å². The first-order valence-electron chi connectivity index (χ1n) is 14.5. The Morgan fingerprint density at radius 1 is 1.00 bits per heavy atom. The van der Waals surface area contributed by atoms with Crippen molar-refractivity contribution in [1.29, 1.82) is 0 Å². The number of hydrogen-bond donors (Lipinski definition) is 3. The number of nitrogens with zero attached hydrogens (tertiary/aromatic N) is 4. The number of para-hydroxylation sites is 1. The second-order valence-corrected chi connectivity index (χ2v) is 12.1. The van der Waals surface area contributed by atoms with Crippen LogP contribution in [0.5, 0.6) is 0 Å². The lowest BCUT2D eigenvalue weighted by Crippen LogP contribution is -2.48. The fourth-order valence-electron chi connectivity index (χ4n) is 5.80. The average Bonchev–Trinajstić information content (AvgIpc) is 3.45. The predicted octanol–water partition coefficient (Wildman–Crippen LogP) is 4.38. The summed E-state index contributed by atoms with van der Waals surface area (Å²) < 4.78 is 6.15. The average molecular weight is 681 g/mol. The number of benzene rings is 2. The van der Waals surface area contributed by atoms with Gasteiger partial charge in [-0.2, -0.15) is 0 Å². The van der Waals surface area contributed by atoms with Crippen LogP contribution in [0.1, 0.15) is 41.0 Å².